The first-order valence-corrected chi connectivity index (χ1v) is 7.14. The second-order valence-electron chi connectivity index (χ2n) is 4.06. The molecule has 0 spiro atoms. The molecule has 0 fully saturated rings. The number of hydrogen-bond acceptors (Lipinski definition) is 4. The quantitative estimate of drug-likeness (QED) is 0.885. The number of benzene rings is 1. The third-order valence-electron chi connectivity index (χ3n) is 2.64. The number of carbonyl (C=O) groups excluding carboxylic acids is 2. The first-order chi connectivity index (χ1) is 9.19. The van der Waals surface area contributed by atoms with E-state index in [1.54, 1.807) is 6.92 Å². The monoisotopic (exact) mass is 280 g/mol. The van der Waals surface area contributed by atoms with Gasteiger partial charge in [-0.2, -0.15) is 0 Å². The number of fused-ring (bicyclic) bond motifs is 1. The van der Waals surface area contributed by atoms with Gasteiger partial charge in [0.2, 0.25) is 5.91 Å². The first kappa shape index (κ1) is 13.7. The third-order valence-corrected chi connectivity index (χ3v) is 3.71. The van der Waals surface area contributed by atoms with E-state index in [0.717, 1.165) is 16.1 Å². The molecule has 0 atom stereocenters. The molecule has 0 radical (unpaired) electrons. The minimum Gasteiger partial charge on any atom is -0.450 e. The van der Waals surface area contributed by atoms with Crippen molar-refractivity contribution in [3.8, 4) is 0 Å². The van der Waals surface area contributed by atoms with Crippen molar-refractivity contribution in [2.24, 2.45) is 0 Å². The van der Waals surface area contributed by atoms with Gasteiger partial charge in [0.05, 0.1) is 18.0 Å². The van der Waals surface area contributed by atoms with Crippen LogP contribution in [0.5, 0.6) is 0 Å². The van der Waals surface area contributed by atoms with E-state index in [1.807, 2.05) is 18.2 Å². The summed E-state index contributed by atoms with van der Waals surface area (Å²) in [4.78, 5) is 23.5. The van der Waals surface area contributed by atoms with Crippen molar-refractivity contribution in [1.29, 1.82) is 0 Å². The lowest BCUT2D eigenvalue weighted by Crippen LogP contribution is -2.26. The number of alkyl carbamates (subject to hydrolysis) is 1. The number of hydrogen-bond donors (Lipinski definition) is 2. The summed E-state index contributed by atoms with van der Waals surface area (Å²) in [5.41, 5.74) is 1.92. The Morgan fingerprint density at radius 2 is 2.37 bits per heavy atom. The standard InChI is InChI=1S/C13H16N2O3S/c1-2-18-13(17)14-6-5-9-3-4-11-10(7-9)15-12(16)8-19-11/h3-4,7H,2,5-6,8H2,1H3,(H,14,17)(H,15,16). The molecule has 102 valence electrons. The van der Waals surface area contributed by atoms with Crippen molar-refractivity contribution < 1.29 is 14.3 Å². The van der Waals surface area contributed by atoms with E-state index in [2.05, 4.69) is 10.6 Å². The summed E-state index contributed by atoms with van der Waals surface area (Å²) in [6, 6.07) is 5.96. The van der Waals surface area contributed by atoms with Gasteiger partial charge < -0.3 is 15.4 Å². The van der Waals surface area contributed by atoms with Gasteiger partial charge in [-0.15, -0.1) is 11.8 Å². The van der Waals surface area contributed by atoms with Crippen molar-refractivity contribution >= 4 is 29.4 Å². The lowest BCUT2D eigenvalue weighted by molar-refractivity contribution is -0.113. The molecule has 0 saturated heterocycles. The van der Waals surface area contributed by atoms with Crippen molar-refractivity contribution in [3.63, 3.8) is 0 Å². The second-order valence-corrected chi connectivity index (χ2v) is 5.08. The van der Waals surface area contributed by atoms with Crippen molar-refractivity contribution in [3.05, 3.63) is 23.8 Å². The fraction of sp³-hybridized carbons (Fsp3) is 0.385. The zero-order valence-electron chi connectivity index (χ0n) is 10.7. The molecule has 1 heterocycles. The summed E-state index contributed by atoms with van der Waals surface area (Å²) in [5.74, 6) is 0.496. The molecule has 6 heteroatoms. The predicted octanol–water partition coefficient (Wildman–Crippen LogP) is 2.02. The Morgan fingerprint density at radius 1 is 1.53 bits per heavy atom. The van der Waals surface area contributed by atoms with Crippen LogP contribution in [-0.2, 0) is 16.0 Å². The molecule has 2 N–H and O–H groups in total. The number of anilines is 1. The Hall–Kier alpha value is -1.69. The highest BCUT2D eigenvalue weighted by Crippen LogP contribution is 2.31. The van der Waals surface area contributed by atoms with Gasteiger partial charge in [-0.25, -0.2) is 4.79 Å². The van der Waals surface area contributed by atoms with E-state index < -0.39 is 6.09 Å². The summed E-state index contributed by atoms with van der Waals surface area (Å²) in [6.07, 6.45) is 0.302. The maximum absolute atomic E-state index is 11.3. The maximum atomic E-state index is 11.3. The zero-order chi connectivity index (χ0) is 13.7. The van der Waals surface area contributed by atoms with Crippen LogP contribution >= 0.6 is 11.8 Å². The fourth-order valence-electron chi connectivity index (χ4n) is 1.78. The van der Waals surface area contributed by atoms with E-state index in [0.29, 0.717) is 25.3 Å². The second kappa shape index (κ2) is 6.47. The molecule has 1 aromatic rings. The number of nitrogens with one attached hydrogen (secondary N) is 2. The highest BCUT2D eigenvalue weighted by molar-refractivity contribution is 8.00. The molecular formula is C13H16N2O3S. The average Bonchev–Trinajstić information content (AvgIpc) is 2.38. The van der Waals surface area contributed by atoms with Gasteiger partial charge in [-0.1, -0.05) is 6.07 Å². The number of thioether (sulfide) groups is 1. The minimum atomic E-state index is -0.399. The topological polar surface area (TPSA) is 67.4 Å². The molecule has 2 amide bonds. The van der Waals surface area contributed by atoms with E-state index in [9.17, 15) is 9.59 Å². The van der Waals surface area contributed by atoms with E-state index in [-0.39, 0.29) is 5.91 Å². The van der Waals surface area contributed by atoms with Gasteiger partial charge >= 0.3 is 6.09 Å². The van der Waals surface area contributed by atoms with E-state index in [1.165, 1.54) is 11.8 Å². The average molecular weight is 280 g/mol. The molecule has 5 nitrogen and oxygen atoms in total. The summed E-state index contributed by atoms with van der Waals surface area (Å²) < 4.78 is 4.77. The molecule has 1 aliphatic heterocycles. The van der Waals surface area contributed by atoms with Crippen LogP contribution in [0.25, 0.3) is 0 Å². The molecule has 0 aliphatic carbocycles. The molecule has 0 saturated carbocycles. The molecular weight excluding hydrogens is 264 g/mol. The summed E-state index contributed by atoms with van der Waals surface area (Å²) in [6.45, 7) is 2.65. The van der Waals surface area contributed by atoms with Crippen molar-refractivity contribution in [1.82, 2.24) is 5.32 Å². The largest absolute Gasteiger partial charge is 0.450 e. The normalized spacial score (nSPS) is 13.4. The molecule has 0 bridgehead atoms. The smallest absolute Gasteiger partial charge is 0.407 e. The van der Waals surface area contributed by atoms with Gasteiger partial charge in [0.25, 0.3) is 0 Å². The van der Waals surface area contributed by atoms with Gasteiger partial charge in [-0.3, -0.25) is 4.79 Å². The van der Waals surface area contributed by atoms with Gasteiger partial charge in [0, 0.05) is 11.4 Å². The fourth-order valence-corrected chi connectivity index (χ4v) is 2.57. The van der Waals surface area contributed by atoms with Crippen molar-refractivity contribution in [2.45, 2.75) is 18.2 Å². The van der Waals surface area contributed by atoms with Gasteiger partial charge in [0.15, 0.2) is 0 Å². The lowest BCUT2D eigenvalue weighted by atomic mass is 10.1. The molecule has 19 heavy (non-hydrogen) atoms. The SMILES string of the molecule is CCOC(=O)NCCc1ccc2c(c1)NC(=O)CS2. The zero-order valence-corrected chi connectivity index (χ0v) is 11.5. The van der Waals surface area contributed by atoms with Crippen LogP contribution < -0.4 is 10.6 Å². The molecule has 0 unspecified atom stereocenters. The van der Waals surface area contributed by atoms with E-state index >= 15 is 0 Å². The lowest BCUT2D eigenvalue weighted by Gasteiger charge is -2.17. The Balaban J connectivity index is 1.89. The number of rotatable bonds is 4. The Bertz CT molecular complexity index is 491. The molecule has 1 aromatic carbocycles. The first-order valence-electron chi connectivity index (χ1n) is 6.15. The van der Waals surface area contributed by atoms with Gasteiger partial charge in [0.1, 0.15) is 0 Å². The van der Waals surface area contributed by atoms with Crippen LogP contribution in [-0.4, -0.2) is 30.9 Å². The Kier molecular flexibility index (Phi) is 4.68. The number of amides is 2. The number of ether oxygens (including phenoxy) is 1. The van der Waals surface area contributed by atoms with Crippen LogP contribution in [0.1, 0.15) is 12.5 Å². The Labute approximate surface area is 116 Å². The highest BCUT2D eigenvalue weighted by Gasteiger charge is 2.15. The minimum absolute atomic E-state index is 0.0271. The molecule has 1 aliphatic rings. The van der Waals surface area contributed by atoms with Crippen LogP contribution in [0.4, 0.5) is 10.5 Å². The molecule has 2 rings (SSSR count). The summed E-state index contributed by atoms with van der Waals surface area (Å²) >= 11 is 1.54. The third kappa shape index (κ3) is 3.89. The predicted molar refractivity (Wildman–Crippen MR) is 74.5 cm³/mol. The van der Waals surface area contributed by atoms with Crippen LogP contribution in [0.3, 0.4) is 0 Å². The van der Waals surface area contributed by atoms with E-state index in [4.69, 9.17) is 4.74 Å². The van der Waals surface area contributed by atoms with Crippen LogP contribution in [0, 0.1) is 0 Å². The summed E-state index contributed by atoms with van der Waals surface area (Å²) in [7, 11) is 0. The van der Waals surface area contributed by atoms with Crippen molar-refractivity contribution in [2.75, 3.05) is 24.2 Å². The summed E-state index contributed by atoms with van der Waals surface area (Å²) in [5, 5.41) is 5.52. The highest BCUT2D eigenvalue weighted by atomic mass is 32.2. The maximum Gasteiger partial charge on any atom is 0.407 e. The van der Waals surface area contributed by atoms with Gasteiger partial charge in [-0.05, 0) is 31.0 Å². The van der Waals surface area contributed by atoms with Crippen LogP contribution in [0.15, 0.2) is 23.1 Å². The number of carbonyl (C=O) groups is 2. The van der Waals surface area contributed by atoms with Crippen LogP contribution in [0.2, 0.25) is 0 Å². The molecule has 0 aromatic heterocycles. The Morgan fingerprint density at radius 3 is 3.16 bits per heavy atom.